The number of aromatic nitrogens is 5. The molecule has 0 saturated heterocycles. The van der Waals surface area contributed by atoms with Crippen molar-refractivity contribution in [2.75, 3.05) is 7.11 Å². The predicted octanol–water partition coefficient (Wildman–Crippen LogP) is 4.54. The minimum Gasteiger partial charge on any atom is -0.497 e. The third-order valence-electron chi connectivity index (χ3n) is 4.70. The average molecular weight is 403 g/mol. The molecule has 5 rings (SSSR count). The predicted molar refractivity (Wildman–Crippen MR) is 111 cm³/mol. The molecule has 0 fully saturated rings. The van der Waals surface area contributed by atoms with Crippen LogP contribution in [0.2, 0.25) is 0 Å². The summed E-state index contributed by atoms with van der Waals surface area (Å²) in [5.74, 6) is 2.31. The van der Waals surface area contributed by atoms with Crippen molar-refractivity contribution in [2.45, 2.75) is 17.8 Å². The zero-order valence-electron chi connectivity index (χ0n) is 15.9. The zero-order valence-corrected chi connectivity index (χ0v) is 16.7. The van der Waals surface area contributed by atoms with E-state index < -0.39 is 0 Å². The Labute approximate surface area is 170 Å². The molecule has 2 aromatic carbocycles. The molecule has 0 radical (unpaired) electrons. The van der Waals surface area contributed by atoms with E-state index in [1.165, 1.54) is 22.7 Å². The first-order valence-electron chi connectivity index (χ1n) is 9.06. The number of nitrogens with zero attached hydrogens (tertiary/aromatic N) is 5. The van der Waals surface area contributed by atoms with Gasteiger partial charge < -0.3 is 9.15 Å². The number of hydrogen-bond acceptors (Lipinski definition) is 7. The normalized spacial score (nSPS) is 11.4. The zero-order chi connectivity index (χ0) is 19.8. The van der Waals surface area contributed by atoms with Gasteiger partial charge in [0.15, 0.2) is 10.8 Å². The first-order chi connectivity index (χ1) is 14.2. The molecule has 0 spiro atoms. The molecule has 0 N–H and O–H groups in total. The van der Waals surface area contributed by atoms with Crippen molar-refractivity contribution in [2.24, 2.45) is 0 Å². The van der Waals surface area contributed by atoms with Gasteiger partial charge >= 0.3 is 0 Å². The van der Waals surface area contributed by atoms with Crippen LogP contribution in [0.5, 0.6) is 5.75 Å². The van der Waals surface area contributed by atoms with E-state index in [1.807, 2.05) is 42.5 Å². The van der Waals surface area contributed by atoms with Crippen LogP contribution in [0.3, 0.4) is 0 Å². The standard InChI is InChI=1S/C21H17N5O2S/c1-13-11-18-22-25-21(26(18)17-6-4-3-5-16(13)17)29-12-19-23-24-20(28-19)14-7-9-15(27-2)10-8-14/h3-11H,12H2,1-2H3. The van der Waals surface area contributed by atoms with Crippen molar-refractivity contribution >= 4 is 28.3 Å². The van der Waals surface area contributed by atoms with E-state index in [-0.39, 0.29) is 0 Å². The minimum absolute atomic E-state index is 0.482. The van der Waals surface area contributed by atoms with E-state index in [0.717, 1.165) is 27.6 Å². The van der Waals surface area contributed by atoms with Crippen LogP contribution in [0, 0.1) is 6.92 Å². The summed E-state index contributed by atoms with van der Waals surface area (Å²) in [5.41, 5.74) is 3.94. The van der Waals surface area contributed by atoms with Crippen LogP contribution in [0.25, 0.3) is 28.0 Å². The van der Waals surface area contributed by atoms with Gasteiger partial charge in [0, 0.05) is 10.9 Å². The highest BCUT2D eigenvalue weighted by Gasteiger charge is 2.14. The topological polar surface area (TPSA) is 78.3 Å². The Morgan fingerprint density at radius 3 is 2.66 bits per heavy atom. The smallest absolute Gasteiger partial charge is 0.247 e. The van der Waals surface area contributed by atoms with Crippen molar-refractivity contribution in [1.82, 2.24) is 24.8 Å². The molecule has 144 valence electrons. The monoisotopic (exact) mass is 403 g/mol. The first-order valence-corrected chi connectivity index (χ1v) is 10.0. The summed E-state index contributed by atoms with van der Waals surface area (Å²) in [6.07, 6.45) is 0. The van der Waals surface area contributed by atoms with Gasteiger partial charge in [0.05, 0.1) is 18.4 Å². The Kier molecular flexibility index (Phi) is 4.40. The lowest BCUT2D eigenvalue weighted by Crippen LogP contribution is -1.93. The third-order valence-corrected chi connectivity index (χ3v) is 5.62. The van der Waals surface area contributed by atoms with Gasteiger partial charge in [0.25, 0.3) is 0 Å². The molecular formula is C21H17N5O2S. The van der Waals surface area contributed by atoms with Gasteiger partial charge in [-0.3, -0.25) is 4.40 Å². The number of pyridine rings is 1. The third kappa shape index (κ3) is 3.21. The van der Waals surface area contributed by atoms with Crippen molar-refractivity contribution < 1.29 is 9.15 Å². The Hall–Kier alpha value is -3.39. The van der Waals surface area contributed by atoms with Gasteiger partial charge in [0.2, 0.25) is 11.8 Å². The maximum absolute atomic E-state index is 5.82. The van der Waals surface area contributed by atoms with E-state index in [1.54, 1.807) is 7.11 Å². The molecule has 5 aromatic rings. The second-order valence-electron chi connectivity index (χ2n) is 6.54. The summed E-state index contributed by atoms with van der Waals surface area (Å²) in [6, 6.07) is 17.8. The van der Waals surface area contributed by atoms with Crippen molar-refractivity contribution in [3.8, 4) is 17.2 Å². The lowest BCUT2D eigenvalue weighted by atomic mass is 10.1. The second kappa shape index (κ2) is 7.21. The molecule has 8 heteroatoms. The van der Waals surface area contributed by atoms with Crippen LogP contribution in [0.15, 0.2) is 64.2 Å². The molecule has 0 aliphatic heterocycles. The Morgan fingerprint density at radius 1 is 1.00 bits per heavy atom. The van der Waals surface area contributed by atoms with E-state index in [9.17, 15) is 0 Å². The van der Waals surface area contributed by atoms with Gasteiger partial charge in [-0.25, -0.2) is 0 Å². The molecule has 0 atom stereocenters. The quantitative estimate of drug-likeness (QED) is 0.399. The maximum Gasteiger partial charge on any atom is 0.247 e. The summed E-state index contributed by atoms with van der Waals surface area (Å²) in [6.45, 7) is 2.09. The number of benzene rings is 2. The fraction of sp³-hybridized carbons (Fsp3) is 0.143. The molecule has 0 saturated carbocycles. The molecular weight excluding hydrogens is 386 g/mol. The lowest BCUT2D eigenvalue weighted by Gasteiger charge is -2.06. The molecule has 7 nitrogen and oxygen atoms in total. The van der Waals surface area contributed by atoms with Crippen molar-refractivity contribution in [3.05, 3.63) is 66.1 Å². The van der Waals surface area contributed by atoms with Gasteiger partial charge in [-0.1, -0.05) is 30.0 Å². The van der Waals surface area contributed by atoms with Gasteiger partial charge in [-0.15, -0.1) is 20.4 Å². The molecule has 0 unspecified atom stereocenters. The van der Waals surface area contributed by atoms with Crippen LogP contribution < -0.4 is 4.74 Å². The van der Waals surface area contributed by atoms with Crippen LogP contribution in [-0.2, 0) is 5.75 Å². The summed E-state index contributed by atoms with van der Waals surface area (Å²) < 4.78 is 13.1. The number of methoxy groups -OCH3 is 1. The maximum atomic E-state index is 5.82. The number of thioether (sulfide) groups is 1. The molecule has 0 amide bonds. The number of hydrogen-bond donors (Lipinski definition) is 0. The minimum atomic E-state index is 0.482. The highest BCUT2D eigenvalue weighted by molar-refractivity contribution is 7.98. The summed E-state index contributed by atoms with van der Waals surface area (Å²) in [7, 11) is 1.63. The molecule has 3 heterocycles. The second-order valence-corrected chi connectivity index (χ2v) is 7.48. The highest BCUT2D eigenvalue weighted by Crippen LogP contribution is 2.28. The molecule has 29 heavy (non-hydrogen) atoms. The number of para-hydroxylation sites is 1. The first kappa shape index (κ1) is 17.7. The number of fused-ring (bicyclic) bond motifs is 3. The van der Waals surface area contributed by atoms with E-state index in [0.29, 0.717) is 17.5 Å². The summed E-state index contributed by atoms with van der Waals surface area (Å²) in [4.78, 5) is 0. The van der Waals surface area contributed by atoms with E-state index >= 15 is 0 Å². The van der Waals surface area contributed by atoms with Crippen LogP contribution in [0.1, 0.15) is 11.5 Å². The van der Waals surface area contributed by atoms with E-state index in [4.69, 9.17) is 9.15 Å². The Bertz CT molecular complexity index is 1310. The Balaban J connectivity index is 1.41. The highest BCUT2D eigenvalue weighted by atomic mass is 32.2. The Morgan fingerprint density at radius 2 is 1.83 bits per heavy atom. The number of ether oxygens (including phenoxy) is 1. The molecule has 0 aliphatic rings. The lowest BCUT2D eigenvalue weighted by molar-refractivity contribution is 0.415. The van der Waals surface area contributed by atoms with Gasteiger partial charge in [0.1, 0.15) is 5.75 Å². The SMILES string of the molecule is COc1ccc(-c2nnc(CSc3nnc4cc(C)c5ccccc5n34)o2)cc1. The van der Waals surface area contributed by atoms with Crippen LogP contribution >= 0.6 is 11.8 Å². The van der Waals surface area contributed by atoms with Gasteiger partial charge in [-0.2, -0.15) is 0 Å². The molecule has 3 aromatic heterocycles. The van der Waals surface area contributed by atoms with E-state index in [2.05, 4.69) is 43.9 Å². The fourth-order valence-electron chi connectivity index (χ4n) is 3.26. The summed E-state index contributed by atoms with van der Waals surface area (Å²) >= 11 is 1.52. The van der Waals surface area contributed by atoms with Crippen molar-refractivity contribution in [3.63, 3.8) is 0 Å². The average Bonchev–Trinajstić information content (AvgIpc) is 3.40. The van der Waals surface area contributed by atoms with Crippen LogP contribution in [-0.4, -0.2) is 31.9 Å². The largest absolute Gasteiger partial charge is 0.497 e. The molecule has 0 bridgehead atoms. The fourth-order valence-corrected chi connectivity index (χ4v) is 4.05. The summed E-state index contributed by atoms with van der Waals surface area (Å²) in [5, 5.41) is 19.0. The number of aryl methyl sites for hydroxylation is 1. The number of rotatable bonds is 5. The molecule has 0 aliphatic carbocycles. The van der Waals surface area contributed by atoms with Crippen LogP contribution in [0.4, 0.5) is 0 Å². The van der Waals surface area contributed by atoms with Gasteiger partial charge in [-0.05, 0) is 48.9 Å². The van der Waals surface area contributed by atoms with Crippen molar-refractivity contribution in [1.29, 1.82) is 0 Å².